The minimum absolute atomic E-state index is 0.112. The van der Waals surface area contributed by atoms with Gasteiger partial charge in [-0.3, -0.25) is 4.79 Å². The lowest BCUT2D eigenvalue weighted by atomic mass is 10.2. The molecule has 0 aliphatic heterocycles. The standard InChI is InChI=1S/C14H17N5O/c1-16-8-11-9-19(10-13(20)17-7-3-5-15)14-12(11)4-2-6-18-14/h2,4,6,9,16H,3,7-8,10H2,1H3,(H,17,20). The first-order valence-corrected chi connectivity index (χ1v) is 6.47. The highest BCUT2D eigenvalue weighted by molar-refractivity contribution is 5.83. The highest BCUT2D eigenvalue weighted by Crippen LogP contribution is 2.18. The first-order valence-electron chi connectivity index (χ1n) is 6.47. The van der Waals surface area contributed by atoms with Gasteiger partial charge in [0.1, 0.15) is 12.2 Å². The van der Waals surface area contributed by atoms with Gasteiger partial charge < -0.3 is 15.2 Å². The van der Waals surface area contributed by atoms with Crippen molar-refractivity contribution < 1.29 is 4.79 Å². The molecule has 0 radical (unpaired) electrons. The van der Waals surface area contributed by atoms with Crippen LogP contribution < -0.4 is 10.6 Å². The van der Waals surface area contributed by atoms with E-state index in [1.54, 1.807) is 6.20 Å². The quantitative estimate of drug-likeness (QED) is 0.761. The lowest BCUT2D eigenvalue weighted by molar-refractivity contribution is -0.121. The van der Waals surface area contributed by atoms with E-state index in [2.05, 4.69) is 15.6 Å². The largest absolute Gasteiger partial charge is 0.354 e. The fourth-order valence-electron chi connectivity index (χ4n) is 2.12. The third kappa shape index (κ3) is 3.13. The number of nitrogens with zero attached hydrogens (tertiary/aromatic N) is 3. The molecule has 20 heavy (non-hydrogen) atoms. The van der Waals surface area contributed by atoms with Crippen molar-refractivity contribution in [1.29, 1.82) is 5.26 Å². The third-order valence-corrected chi connectivity index (χ3v) is 2.96. The molecule has 6 heteroatoms. The Kier molecular flexibility index (Phi) is 4.69. The lowest BCUT2D eigenvalue weighted by Gasteiger charge is -2.05. The van der Waals surface area contributed by atoms with Crippen molar-refractivity contribution in [3.63, 3.8) is 0 Å². The molecule has 0 aliphatic rings. The fourth-order valence-corrected chi connectivity index (χ4v) is 2.12. The smallest absolute Gasteiger partial charge is 0.240 e. The number of hydrogen-bond donors (Lipinski definition) is 2. The molecule has 0 aliphatic carbocycles. The summed E-state index contributed by atoms with van der Waals surface area (Å²) in [6, 6.07) is 5.88. The molecule has 0 unspecified atom stereocenters. The summed E-state index contributed by atoms with van der Waals surface area (Å²) in [6.45, 7) is 1.32. The maximum atomic E-state index is 11.8. The SMILES string of the molecule is CNCc1cn(CC(=O)NCCC#N)c2ncccc12. The van der Waals surface area contributed by atoms with E-state index in [9.17, 15) is 4.79 Å². The molecule has 2 aromatic heterocycles. The molecule has 0 aromatic carbocycles. The maximum absolute atomic E-state index is 11.8. The van der Waals surface area contributed by atoms with Crippen LogP contribution in [0.3, 0.4) is 0 Å². The summed E-state index contributed by atoms with van der Waals surface area (Å²) in [4.78, 5) is 16.1. The third-order valence-electron chi connectivity index (χ3n) is 2.96. The molecule has 0 saturated carbocycles. The zero-order valence-electron chi connectivity index (χ0n) is 11.4. The summed E-state index contributed by atoms with van der Waals surface area (Å²) in [5.74, 6) is -0.112. The number of hydrogen-bond acceptors (Lipinski definition) is 4. The van der Waals surface area contributed by atoms with Gasteiger partial charge in [0.15, 0.2) is 0 Å². The molecule has 0 saturated heterocycles. The first kappa shape index (κ1) is 14.0. The topological polar surface area (TPSA) is 82.7 Å². The second kappa shape index (κ2) is 6.68. The van der Waals surface area contributed by atoms with Crippen molar-refractivity contribution >= 4 is 16.9 Å². The monoisotopic (exact) mass is 271 g/mol. The van der Waals surface area contributed by atoms with Crippen molar-refractivity contribution in [2.75, 3.05) is 13.6 Å². The van der Waals surface area contributed by atoms with Gasteiger partial charge >= 0.3 is 0 Å². The number of carbonyl (C=O) groups excluding carboxylic acids is 1. The Bertz CT molecular complexity index is 641. The molecular formula is C14H17N5O. The van der Waals surface area contributed by atoms with E-state index in [4.69, 9.17) is 5.26 Å². The van der Waals surface area contributed by atoms with Crippen LogP contribution in [0.25, 0.3) is 11.0 Å². The van der Waals surface area contributed by atoms with E-state index in [0.717, 1.165) is 23.1 Å². The van der Waals surface area contributed by atoms with Crippen LogP contribution in [0.1, 0.15) is 12.0 Å². The van der Waals surface area contributed by atoms with Gasteiger partial charge in [-0.2, -0.15) is 5.26 Å². The number of nitrogens with one attached hydrogen (secondary N) is 2. The number of carbonyl (C=O) groups is 1. The molecule has 2 rings (SSSR count). The number of nitriles is 1. The minimum atomic E-state index is -0.112. The molecule has 1 amide bonds. The molecule has 0 bridgehead atoms. The van der Waals surface area contributed by atoms with Gasteiger partial charge in [-0.25, -0.2) is 4.98 Å². The van der Waals surface area contributed by atoms with Gasteiger partial charge in [0.2, 0.25) is 5.91 Å². The van der Waals surface area contributed by atoms with Crippen LogP contribution in [0.15, 0.2) is 24.5 Å². The summed E-state index contributed by atoms with van der Waals surface area (Å²) in [6.07, 6.45) is 3.98. The Morgan fingerprint density at radius 1 is 1.55 bits per heavy atom. The number of pyridine rings is 1. The summed E-state index contributed by atoms with van der Waals surface area (Å²) in [7, 11) is 1.88. The second-order valence-corrected chi connectivity index (χ2v) is 4.45. The Labute approximate surface area is 117 Å². The van der Waals surface area contributed by atoms with E-state index in [-0.39, 0.29) is 12.5 Å². The normalized spacial score (nSPS) is 10.4. The molecule has 2 heterocycles. The van der Waals surface area contributed by atoms with Crippen molar-refractivity contribution in [3.8, 4) is 6.07 Å². The van der Waals surface area contributed by atoms with Crippen LogP contribution in [0, 0.1) is 11.3 Å². The number of amides is 1. The second-order valence-electron chi connectivity index (χ2n) is 4.45. The highest BCUT2D eigenvalue weighted by atomic mass is 16.1. The molecule has 0 atom stereocenters. The van der Waals surface area contributed by atoms with Gasteiger partial charge in [0.05, 0.1) is 12.5 Å². The summed E-state index contributed by atoms with van der Waals surface area (Å²) in [5.41, 5.74) is 1.91. The minimum Gasteiger partial charge on any atom is -0.354 e. The first-order chi connectivity index (χ1) is 9.76. The number of rotatable bonds is 6. The Hall–Kier alpha value is -2.39. The maximum Gasteiger partial charge on any atom is 0.240 e. The van der Waals surface area contributed by atoms with Crippen molar-refractivity contribution in [3.05, 3.63) is 30.1 Å². The predicted molar refractivity (Wildman–Crippen MR) is 75.7 cm³/mol. The Morgan fingerprint density at radius 3 is 3.15 bits per heavy atom. The number of aromatic nitrogens is 2. The lowest BCUT2D eigenvalue weighted by Crippen LogP contribution is -2.28. The van der Waals surface area contributed by atoms with Crippen molar-refractivity contribution in [2.45, 2.75) is 19.5 Å². The molecule has 104 valence electrons. The highest BCUT2D eigenvalue weighted by Gasteiger charge is 2.11. The summed E-state index contributed by atoms with van der Waals surface area (Å²) < 4.78 is 1.84. The van der Waals surface area contributed by atoms with Gasteiger partial charge in [-0.05, 0) is 24.7 Å². The van der Waals surface area contributed by atoms with Crippen LogP contribution in [0.5, 0.6) is 0 Å². The molecule has 0 fully saturated rings. The van der Waals surface area contributed by atoms with Gasteiger partial charge in [0.25, 0.3) is 0 Å². The van der Waals surface area contributed by atoms with Gasteiger partial charge in [0, 0.05) is 30.9 Å². The molecule has 0 spiro atoms. The van der Waals surface area contributed by atoms with Crippen LogP contribution in [0.2, 0.25) is 0 Å². The number of fused-ring (bicyclic) bond motifs is 1. The average Bonchev–Trinajstić information content (AvgIpc) is 2.78. The molecule has 2 N–H and O–H groups in total. The van der Waals surface area contributed by atoms with Crippen molar-refractivity contribution in [1.82, 2.24) is 20.2 Å². The van der Waals surface area contributed by atoms with Crippen LogP contribution in [-0.4, -0.2) is 29.1 Å². The molecule has 2 aromatic rings. The predicted octanol–water partition coefficient (Wildman–Crippen LogP) is 0.786. The molecular weight excluding hydrogens is 254 g/mol. The van der Waals surface area contributed by atoms with Gasteiger partial charge in [-0.15, -0.1) is 0 Å². The van der Waals surface area contributed by atoms with E-state index >= 15 is 0 Å². The Morgan fingerprint density at radius 2 is 2.40 bits per heavy atom. The van der Waals surface area contributed by atoms with E-state index in [1.807, 2.05) is 36.0 Å². The average molecular weight is 271 g/mol. The van der Waals surface area contributed by atoms with Crippen LogP contribution >= 0.6 is 0 Å². The zero-order valence-corrected chi connectivity index (χ0v) is 11.4. The Balaban J connectivity index is 2.17. The van der Waals surface area contributed by atoms with Crippen molar-refractivity contribution in [2.24, 2.45) is 0 Å². The van der Waals surface area contributed by atoms with E-state index in [1.165, 1.54) is 0 Å². The van der Waals surface area contributed by atoms with E-state index < -0.39 is 0 Å². The van der Waals surface area contributed by atoms with Crippen LogP contribution in [0.4, 0.5) is 0 Å². The van der Waals surface area contributed by atoms with E-state index in [0.29, 0.717) is 13.0 Å². The van der Waals surface area contributed by atoms with Gasteiger partial charge in [-0.1, -0.05) is 0 Å². The zero-order chi connectivity index (χ0) is 14.4. The summed E-state index contributed by atoms with van der Waals surface area (Å²) in [5, 5.41) is 15.3. The van der Waals surface area contributed by atoms with Crippen LogP contribution in [-0.2, 0) is 17.9 Å². The summed E-state index contributed by atoms with van der Waals surface area (Å²) >= 11 is 0. The fraction of sp³-hybridized carbons (Fsp3) is 0.357. The molecule has 6 nitrogen and oxygen atoms in total.